The van der Waals surface area contributed by atoms with Crippen molar-refractivity contribution >= 4 is 29.1 Å². The summed E-state index contributed by atoms with van der Waals surface area (Å²) in [6.45, 7) is -0.483. The summed E-state index contributed by atoms with van der Waals surface area (Å²) >= 11 is 5.63. The number of nitrogens with one attached hydrogen (secondary N) is 1. The van der Waals surface area contributed by atoms with Crippen LogP contribution in [0.1, 0.15) is 0 Å². The predicted molar refractivity (Wildman–Crippen MR) is 59.7 cm³/mol. The van der Waals surface area contributed by atoms with Gasteiger partial charge in [-0.25, -0.2) is 4.98 Å². The molecule has 1 unspecified atom stereocenters. The molecular formula is C7H10ClN5O4. The van der Waals surface area contributed by atoms with Crippen molar-refractivity contribution in [1.82, 2.24) is 9.97 Å². The smallest absolute Gasteiger partial charge is 0.394 e. The topological polar surface area (TPSA) is 147 Å². The summed E-state index contributed by atoms with van der Waals surface area (Å²) in [5.74, 6) is -1.02. The van der Waals surface area contributed by atoms with Crippen LogP contribution in [0.4, 0.5) is 17.5 Å². The zero-order chi connectivity index (χ0) is 13.0. The molecule has 1 aromatic rings. The quantitative estimate of drug-likeness (QED) is 0.406. The second-order valence-electron chi connectivity index (χ2n) is 3.05. The number of hydrogen-bond acceptors (Lipinski definition) is 8. The fourth-order valence-corrected chi connectivity index (χ4v) is 1.13. The Balaban J connectivity index is 2.88. The summed E-state index contributed by atoms with van der Waals surface area (Å²) in [5, 5.41) is 30.4. The molecule has 0 spiro atoms. The molecule has 0 saturated carbocycles. The third-order valence-corrected chi connectivity index (χ3v) is 2.01. The molecule has 1 heterocycles. The van der Waals surface area contributed by atoms with E-state index in [0.29, 0.717) is 0 Å². The highest BCUT2D eigenvalue weighted by molar-refractivity contribution is 6.31. The van der Waals surface area contributed by atoms with Crippen molar-refractivity contribution in [1.29, 1.82) is 0 Å². The van der Waals surface area contributed by atoms with Crippen molar-refractivity contribution in [3.8, 4) is 0 Å². The number of aliphatic hydroxyl groups excluding tert-OH is 2. The Morgan fingerprint density at radius 3 is 2.76 bits per heavy atom. The highest BCUT2D eigenvalue weighted by Crippen LogP contribution is 2.24. The van der Waals surface area contributed by atoms with Crippen LogP contribution in [0.15, 0.2) is 0 Å². The number of nitrogens with zero attached hydrogens (tertiary/aromatic N) is 3. The van der Waals surface area contributed by atoms with Crippen LogP contribution in [-0.4, -0.2) is 44.4 Å². The van der Waals surface area contributed by atoms with Crippen LogP contribution >= 0.6 is 11.6 Å². The minimum absolute atomic E-state index is 0.00210. The third-order valence-electron chi connectivity index (χ3n) is 1.75. The van der Waals surface area contributed by atoms with Gasteiger partial charge in [0.2, 0.25) is 5.82 Å². The van der Waals surface area contributed by atoms with Crippen LogP contribution in [0.5, 0.6) is 0 Å². The zero-order valence-corrected chi connectivity index (χ0v) is 9.26. The van der Waals surface area contributed by atoms with Gasteiger partial charge >= 0.3 is 5.82 Å². The van der Waals surface area contributed by atoms with E-state index in [1.807, 2.05) is 0 Å². The molecule has 17 heavy (non-hydrogen) atoms. The first-order chi connectivity index (χ1) is 7.95. The van der Waals surface area contributed by atoms with E-state index < -0.39 is 23.5 Å². The van der Waals surface area contributed by atoms with Gasteiger partial charge in [0.25, 0.3) is 5.15 Å². The molecule has 0 bridgehead atoms. The van der Waals surface area contributed by atoms with Gasteiger partial charge in [-0.2, -0.15) is 0 Å². The van der Waals surface area contributed by atoms with Crippen molar-refractivity contribution < 1.29 is 15.1 Å². The molecule has 0 aromatic carbocycles. The lowest BCUT2D eigenvalue weighted by Crippen LogP contribution is -2.23. The number of halogens is 1. The molecule has 1 aromatic heterocycles. The number of anilines is 2. The molecule has 0 aliphatic rings. The van der Waals surface area contributed by atoms with Crippen molar-refractivity contribution in [3.05, 3.63) is 15.3 Å². The van der Waals surface area contributed by atoms with Crippen LogP contribution in [0.3, 0.4) is 0 Å². The number of rotatable bonds is 5. The van der Waals surface area contributed by atoms with E-state index in [-0.39, 0.29) is 23.3 Å². The molecule has 0 radical (unpaired) electrons. The van der Waals surface area contributed by atoms with Crippen molar-refractivity contribution in [3.63, 3.8) is 0 Å². The van der Waals surface area contributed by atoms with Gasteiger partial charge in [0, 0.05) is 6.54 Å². The van der Waals surface area contributed by atoms with Crippen LogP contribution < -0.4 is 11.1 Å². The second kappa shape index (κ2) is 5.57. The highest BCUT2D eigenvalue weighted by Gasteiger charge is 2.20. The first-order valence-corrected chi connectivity index (χ1v) is 4.83. The second-order valence-corrected chi connectivity index (χ2v) is 3.40. The monoisotopic (exact) mass is 263 g/mol. The Hall–Kier alpha value is -1.71. The molecule has 0 amide bonds. The van der Waals surface area contributed by atoms with Crippen LogP contribution in [0.2, 0.25) is 5.15 Å². The molecule has 0 saturated heterocycles. The van der Waals surface area contributed by atoms with Gasteiger partial charge in [-0.05, 0) is 21.5 Å². The van der Waals surface area contributed by atoms with Crippen LogP contribution in [0, 0.1) is 10.1 Å². The Labute approximate surface area is 100 Å². The Kier molecular flexibility index (Phi) is 4.37. The lowest BCUT2D eigenvalue weighted by atomic mass is 10.4. The summed E-state index contributed by atoms with van der Waals surface area (Å²) in [4.78, 5) is 16.7. The van der Waals surface area contributed by atoms with E-state index in [9.17, 15) is 10.1 Å². The Morgan fingerprint density at radius 1 is 1.59 bits per heavy atom. The normalized spacial score (nSPS) is 12.2. The number of nitrogens with two attached hydrogens (primary N) is 1. The molecule has 5 N–H and O–H groups in total. The molecular weight excluding hydrogens is 254 g/mol. The number of nitro groups is 1. The summed E-state index contributed by atoms with van der Waals surface area (Å²) in [7, 11) is 0. The van der Waals surface area contributed by atoms with Crippen LogP contribution in [0.25, 0.3) is 0 Å². The molecule has 0 fully saturated rings. The molecule has 1 rings (SSSR count). The Bertz CT molecular complexity index is 429. The average molecular weight is 264 g/mol. The Morgan fingerprint density at radius 2 is 2.24 bits per heavy atom. The summed E-state index contributed by atoms with van der Waals surface area (Å²) in [6.07, 6.45) is -1.01. The molecule has 1 atom stereocenters. The van der Waals surface area contributed by atoms with Gasteiger partial charge in [-0.15, -0.1) is 0 Å². The summed E-state index contributed by atoms with van der Waals surface area (Å²) < 4.78 is 0. The standard InChI is InChI=1S/C7H10ClN5O4/c8-4-6(10-1-3(15)2-14)12-5(9)7(11-4)13(16)17/h3,14-15H,1-2H2,(H3,9,10,12). The maximum atomic E-state index is 10.5. The van der Waals surface area contributed by atoms with E-state index in [1.54, 1.807) is 0 Å². The van der Waals surface area contributed by atoms with E-state index in [2.05, 4.69) is 15.3 Å². The summed E-state index contributed by atoms with van der Waals surface area (Å²) in [5.41, 5.74) is 5.30. The van der Waals surface area contributed by atoms with Gasteiger partial charge < -0.3 is 31.4 Å². The molecule has 94 valence electrons. The number of nitrogen functional groups attached to an aromatic ring is 1. The van der Waals surface area contributed by atoms with Gasteiger partial charge in [-0.3, -0.25) is 0 Å². The third kappa shape index (κ3) is 3.37. The minimum atomic E-state index is -1.01. The van der Waals surface area contributed by atoms with E-state index in [1.165, 1.54) is 0 Å². The average Bonchev–Trinajstić information content (AvgIpc) is 2.28. The van der Waals surface area contributed by atoms with E-state index in [0.717, 1.165) is 0 Å². The van der Waals surface area contributed by atoms with Crippen molar-refractivity contribution in [2.75, 3.05) is 24.2 Å². The largest absolute Gasteiger partial charge is 0.408 e. The van der Waals surface area contributed by atoms with Gasteiger partial charge in [0.05, 0.1) is 12.7 Å². The van der Waals surface area contributed by atoms with E-state index >= 15 is 0 Å². The van der Waals surface area contributed by atoms with Crippen molar-refractivity contribution in [2.24, 2.45) is 0 Å². The predicted octanol–water partition coefficient (Wildman–Crippen LogP) is -0.615. The maximum Gasteiger partial charge on any atom is 0.408 e. The summed E-state index contributed by atoms with van der Waals surface area (Å²) in [6, 6.07) is 0. The first kappa shape index (κ1) is 13.4. The first-order valence-electron chi connectivity index (χ1n) is 4.46. The lowest BCUT2D eigenvalue weighted by Gasteiger charge is -2.09. The lowest BCUT2D eigenvalue weighted by molar-refractivity contribution is -0.388. The highest BCUT2D eigenvalue weighted by atomic mass is 35.5. The molecule has 9 nitrogen and oxygen atoms in total. The maximum absolute atomic E-state index is 10.5. The van der Waals surface area contributed by atoms with Gasteiger partial charge in [-0.1, -0.05) is 0 Å². The zero-order valence-electron chi connectivity index (χ0n) is 8.50. The fourth-order valence-electron chi connectivity index (χ4n) is 0.946. The molecule has 0 aliphatic carbocycles. The number of aromatic nitrogens is 2. The molecule has 10 heteroatoms. The molecule has 0 aliphatic heterocycles. The van der Waals surface area contributed by atoms with Gasteiger partial charge in [0.1, 0.15) is 0 Å². The minimum Gasteiger partial charge on any atom is -0.394 e. The number of aliphatic hydroxyl groups is 2. The SMILES string of the molecule is Nc1nc(NCC(O)CO)c(Cl)nc1[N+](=O)[O-]. The van der Waals surface area contributed by atoms with Crippen LogP contribution in [-0.2, 0) is 0 Å². The fraction of sp³-hybridized carbons (Fsp3) is 0.429. The number of hydrogen-bond donors (Lipinski definition) is 4. The van der Waals surface area contributed by atoms with E-state index in [4.69, 9.17) is 27.5 Å². The van der Waals surface area contributed by atoms with Crippen molar-refractivity contribution in [2.45, 2.75) is 6.10 Å². The van der Waals surface area contributed by atoms with Gasteiger partial charge in [0.15, 0.2) is 5.82 Å².